The number of piperidine rings is 1. The van der Waals surface area contributed by atoms with Crippen LogP contribution in [0.3, 0.4) is 0 Å². The molecule has 2 heterocycles. The Kier molecular flexibility index (Phi) is 3.84. The molecule has 1 aromatic rings. The van der Waals surface area contributed by atoms with E-state index in [4.69, 9.17) is 0 Å². The second-order valence-electron chi connectivity index (χ2n) is 4.98. The fraction of sp³-hybridized carbons (Fsp3) is 0.615. The van der Waals surface area contributed by atoms with Gasteiger partial charge in [-0.25, -0.2) is 0 Å². The maximum atomic E-state index is 12.2. The minimum Gasteiger partial charge on any atom is -0.350 e. The van der Waals surface area contributed by atoms with Crippen LogP contribution in [-0.2, 0) is 11.3 Å². The molecule has 1 aliphatic heterocycles. The SMILES string of the molecule is Cc1cscc1CNC(=O)C1(C)CCCCN1. The first-order valence-corrected chi connectivity index (χ1v) is 7.11. The molecular weight excluding hydrogens is 232 g/mol. The minimum atomic E-state index is -0.373. The van der Waals surface area contributed by atoms with Crippen LogP contribution in [0.4, 0.5) is 0 Å². The molecule has 1 atom stereocenters. The van der Waals surface area contributed by atoms with Gasteiger partial charge in [0.15, 0.2) is 0 Å². The van der Waals surface area contributed by atoms with Crippen molar-refractivity contribution in [3.8, 4) is 0 Å². The van der Waals surface area contributed by atoms with E-state index >= 15 is 0 Å². The van der Waals surface area contributed by atoms with Crippen molar-refractivity contribution in [2.24, 2.45) is 0 Å². The van der Waals surface area contributed by atoms with E-state index in [1.807, 2.05) is 6.92 Å². The van der Waals surface area contributed by atoms with Crippen LogP contribution >= 0.6 is 11.3 Å². The molecule has 2 N–H and O–H groups in total. The molecule has 0 aromatic carbocycles. The van der Waals surface area contributed by atoms with E-state index in [0.29, 0.717) is 6.54 Å². The number of carbonyl (C=O) groups is 1. The average Bonchev–Trinajstić information content (AvgIpc) is 2.73. The lowest BCUT2D eigenvalue weighted by atomic mass is 9.90. The van der Waals surface area contributed by atoms with Crippen LogP contribution in [0.15, 0.2) is 10.8 Å². The Morgan fingerprint density at radius 3 is 2.94 bits per heavy atom. The molecule has 0 aliphatic carbocycles. The van der Waals surface area contributed by atoms with E-state index in [9.17, 15) is 4.79 Å². The topological polar surface area (TPSA) is 41.1 Å². The van der Waals surface area contributed by atoms with Crippen molar-refractivity contribution in [3.05, 3.63) is 21.9 Å². The number of hydrogen-bond donors (Lipinski definition) is 2. The van der Waals surface area contributed by atoms with Gasteiger partial charge >= 0.3 is 0 Å². The van der Waals surface area contributed by atoms with E-state index in [1.54, 1.807) is 11.3 Å². The summed E-state index contributed by atoms with van der Waals surface area (Å²) in [5, 5.41) is 10.6. The third-order valence-electron chi connectivity index (χ3n) is 3.52. The lowest BCUT2D eigenvalue weighted by molar-refractivity contribution is -0.128. The van der Waals surface area contributed by atoms with Crippen molar-refractivity contribution < 1.29 is 4.79 Å². The number of thiophene rings is 1. The summed E-state index contributed by atoms with van der Waals surface area (Å²) in [5.41, 5.74) is 2.11. The number of hydrogen-bond acceptors (Lipinski definition) is 3. The zero-order valence-electron chi connectivity index (χ0n) is 10.5. The van der Waals surface area contributed by atoms with Crippen LogP contribution in [0.25, 0.3) is 0 Å². The quantitative estimate of drug-likeness (QED) is 0.866. The standard InChI is InChI=1S/C13H20N2OS/c1-10-8-17-9-11(10)7-14-12(16)13(2)5-3-4-6-15-13/h8-9,15H,3-7H2,1-2H3,(H,14,16). The number of nitrogens with one attached hydrogen (secondary N) is 2. The second-order valence-corrected chi connectivity index (χ2v) is 5.72. The molecule has 94 valence electrons. The van der Waals surface area contributed by atoms with Crippen LogP contribution in [0, 0.1) is 6.92 Å². The lowest BCUT2D eigenvalue weighted by Crippen LogP contribution is -2.56. The summed E-state index contributed by atoms with van der Waals surface area (Å²) in [6.07, 6.45) is 3.24. The van der Waals surface area contributed by atoms with Crippen molar-refractivity contribution in [3.63, 3.8) is 0 Å². The fourth-order valence-corrected chi connectivity index (χ4v) is 3.05. The Morgan fingerprint density at radius 1 is 1.53 bits per heavy atom. The molecular formula is C13H20N2OS. The lowest BCUT2D eigenvalue weighted by Gasteiger charge is -2.33. The molecule has 1 aliphatic rings. The third kappa shape index (κ3) is 2.87. The van der Waals surface area contributed by atoms with Crippen LogP contribution in [0.5, 0.6) is 0 Å². The van der Waals surface area contributed by atoms with Gasteiger partial charge in [-0.3, -0.25) is 4.79 Å². The first kappa shape index (κ1) is 12.6. The van der Waals surface area contributed by atoms with Gasteiger partial charge in [-0.05, 0) is 61.5 Å². The summed E-state index contributed by atoms with van der Waals surface area (Å²) in [5.74, 6) is 0.128. The Hall–Kier alpha value is -0.870. The Morgan fingerprint density at radius 2 is 2.35 bits per heavy atom. The van der Waals surface area contributed by atoms with E-state index in [-0.39, 0.29) is 11.4 Å². The van der Waals surface area contributed by atoms with Gasteiger partial charge in [0.1, 0.15) is 0 Å². The van der Waals surface area contributed by atoms with E-state index in [2.05, 4.69) is 28.3 Å². The Labute approximate surface area is 107 Å². The fourth-order valence-electron chi connectivity index (χ4n) is 2.19. The van der Waals surface area contributed by atoms with Gasteiger partial charge in [0.05, 0.1) is 5.54 Å². The van der Waals surface area contributed by atoms with Crippen molar-refractivity contribution >= 4 is 17.2 Å². The highest BCUT2D eigenvalue weighted by atomic mass is 32.1. The zero-order chi connectivity index (χ0) is 12.3. The van der Waals surface area contributed by atoms with Gasteiger partial charge in [0.2, 0.25) is 5.91 Å². The summed E-state index contributed by atoms with van der Waals surface area (Å²) >= 11 is 1.69. The molecule has 2 rings (SSSR count). The second kappa shape index (κ2) is 5.19. The maximum absolute atomic E-state index is 12.2. The molecule has 1 amide bonds. The molecule has 0 bridgehead atoms. The Balaban J connectivity index is 1.91. The first-order chi connectivity index (χ1) is 8.12. The molecule has 1 fully saturated rings. The first-order valence-electron chi connectivity index (χ1n) is 6.17. The zero-order valence-corrected chi connectivity index (χ0v) is 11.3. The monoisotopic (exact) mass is 252 g/mol. The van der Waals surface area contributed by atoms with E-state index in [1.165, 1.54) is 17.5 Å². The summed E-state index contributed by atoms with van der Waals surface area (Å²) in [4.78, 5) is 12.2. The predicted octanol–water partition coefficient (Wildman–Crippen LogP) is 2.20. The molecule has 3 nitrogen and oxygen atoms in total. The maximum Gasteiger partial charge on any atom is 0.240 e. The van der Waals surface area contributed by atoms with E-state index < -0.39 is 0 Å². The van der Waals surface area contributed by atoms with Gasteiger partial charge in [-0.1, -0.05) is 0 Å². The molecule has 0 radical (unpaired) electrons. The van der Waals surface area contributed by atoms with Crippen molar-refractivity contribution in [1.82, 2.24) is 10.6 Å². The summed E-state index contributed by atoms with van der Waals surface area (Å²) in [6.45, 7) is 5.67. The minimum absolute atomic E-state index is 0.128. The van der Waals surface area contributed by atoms with Gasteiger partial charge in [0.25, 0.3) is 0 Å². The van der Waals surface area contributed by atoms with Crippen molar-refractivity contribution in [2.75, 3.05) is 6.54 Å². The number of rotatable bonds is 3. The highest BCUT2D eigenvalue weighted by molar-refractivity contribution is 7.08. The van der Waals surface area contributed by atoms with Crippen molar-refractivity contribution in [2.45, 2.75) is 45.2 Å². The number of carbonyl (C=O) groups excluding carboxylic acids is 1. The summed E-state index contributed by atoms with van der Waals surface area (Å²) in [7, 11) is 0. The summed E-state index contributed by atoms with van der Waals surface area (Å²) < 4.78 is 0. The van der Waals surface area contributed by atoms with Crippen molar-refractivity contribution in [1.29, 1.82) is 0 Å². The largest absolute Gasteiger partial charge is 0.350 e. The number of aryl methyl sites for hydroxylation is 1. The highest BCUT2D eigenvalue weighted by Crippen LogP contribution is 2.19. The predicted molar refractivity (Wildman–Crippen MR) is 71.2 cm³/mol. The Bertz CT molecular complexity index is 394. The number of amides is 1. The van der Waals surface area contributed by atoms with E-state index in [0.717, 1.165) is 19.4 Å². The van der Waals surface area contributed by atoms with Crippen LogP contribution < -0.4 is 10.6 Å². The van der Waals surface area contributed by atoms with Crippen LogP contribution in [-0.4, -0.2) is 18.0 Å². The molecule has 17 heavy (non-hydrogen) atoms. The molecule has 0 saturated carbocycles. The normalized spacial score (nSPS) is 24.6. The van der Waals surface area contributed by atoms with Gasteiger partial charge in [-0.15, -0.1) is 0 Å². The molecule has 1 aromatic heterocycles. The van der Waals surface area contributed by atoms with Gasteiger partial charge in [-0.2, -0.15) is 11.3 Å². The van der Waals surface area contributed by atoms with Gasteiger partial charge in [0, 0.05) is 6.54 Å². The summed E-state index contributed by atoms with van der Waals surface area (Å²) in [6, 6.07) is 0. The third-order valence-corrected chi connectivity index (χ3v) is 4.43. The molecule has 4 heteroatoms. The molecule has 1 saturated heterocycles. The van der Waals surface area contributed by atoms with Crippen LogP contribution in [0.1, 0.15) is 37.3 Å². The molecule has 0 spiro atoms. The van der Waals surface area contributed by atoms with Crippen LogP contribution in [0.2, 0.25) is 0 Å². The average molecular weight is 252 g/mol. The molecule has 1 unspecified atom stereocenters. The highest BCUT2D eigenvalue weighted by Gasteiger charge is 2.33. The smallest absolute Gasteiger partial charge is 0.240 e. The van der Waals surface area contributed by atoms with Gasteiger partial charge < -0.3 is 10.6 Å².